The van der Waals surface area contributed by atoms with Gasteiger partial charge in [-0.1, -0.05) is 36.2 Å². The van der Waals surface area contributed by atoms with Gasteiger partial charge < -0.3 is 14.2 Å². The molecular weight excluding hydrogens is 590 g/mol. The highest BCUT2D eigenvalue weighted by atomic mass is 127. The fourth-order valence-electron chi connectivity index (χ4n) is 2.90. The summed E-state index contributed by atoms with van der Waals surface area (Å²) in [6, 6.07) is 15.8. The molecule has 0 spiro atoms. The first-order valence-corrected chi connectivity index (χ1v) is 12.2. The molecule has 0 aliphatic rings. The summed E-state index contributed by atoms with van der Waals surface area (Å²) >= 11 is 14.3. The minimum absolute atomic E-state index is 0.258. The van der Waals surface area contributed by atoms with Crippen LogP contribution in [-0.4, -0.2) is 25.8 Å². The number of benzene rings is 3. The van der Waals surface area contributed by atoms with Gasteiger partial charge in [-0.3, -0.25) is 4.79 Å². The molecule has 0 aliphatic heterocycles. The highest BCUT2D eigenvalue weighted by molar-refractivity contribution is 14.1. The van der Waals surface area contributed by atoms with E-state index in [1.54, 1.807) is 55.8 Å². The molecule has 0 aliphatic carbocycles. The zero-order valence-electron chi connectivity index (χ0n) is 18.6. The Morgan fingerprint density at radius 2 is 1.85 bits per heavy atom. The number of hydrogen-bond donors (Lipinski definition) is 1. The second-order valence-electron chi connectivity index (χ2n) is 7.13. The summed E-state index contributed by atoms with van der Waals surface area (Å²) in [5, 5.41) is 5.16. The largest absolute Gasteiger partial charge is 0.494 e. The van der Waals surface area contributed by atoms with Crippen molar-refractivity contribution < 1.29 is 19.0 Å². The van der Waals surface area contributed by atoms with Crippen molar-refractivity contribution in [3.8, 4) is 17.2 Å². The first-order valence-electron chi connectivity index (χ1n) is 10.4. The third kappa shape index (κ3) is 7.25. The average molecular weight is 613 g/mol. The first kappa shape index (κ1) is 26.1. The molecule has 0 bridgehead atoms. The van der Waals surface area contributed by atoms with E-state index in [9.17, 15) is 4.79 Å². The number of rotatable bonds is 10. The molecule has 9 heteroatoms. The number of nitrogens with one attached hydrogen (secondary N) is 1. The summed E-state index contributed by atoms with van der Waals surface area (Å²) in [6.07, 6.45) is 2.46. The molecule has 0 aromatic heterocycles. The standard InChI is InChI=1S/C25H23Cl2IN2O4/c1-3-10-33-20-8-5-17(6-9-20)25(31)30-29-14-16-11-22(28)24(23(12-16)32-2)34-15-18-4-7-19(26)13-21(18)27/h4-9,11-14H,3,10,15H2,1-2H3,(H,30,31)/b29-14-. The lowest BCUT2D eigenvalue weighted by Gasteiger charge is -2.14. The summed E-state index contributed by atoms with van der Waals surface area (Å²) in [7, 11) is 1.56. The Balaban J connectivity index is 1.64. The molecule has 3 rings (SSSR count). The van der Waals surface area contributed by atoms with Crippen LogP contribution in [0.1, 0.15) is 34.8 Å². The maximum atomic E-state index is 12.3. The van der Waals surface area contributed by atoms with Crippen LogP contribution in [0.2, 0.25) is 10.0 Å². The summed E-state index contributed by atoms with van der Waals surface area (Å²) in [6.45, 7) is 2.93. The van der Waals surface area contributed by atoms with E-state index >= 15 is 0 Å². The van der Waals surface area contributed by atoms with Crippen LogP contribution in [0.25, 0.3) is 0 Å². The van der Waals surface area contributed by atoms with Gasteiger partial charge in [0.15, 0.2) is 11.5 Å². The van der Waals surface area contributed by atoms with E-state index in [0.717, 1.165) is 26.9 Å². The Hall–Kier alpha value is -2.49. The minimum Gasteiger partial charge on any atom is -0.494 e. The first-order chi connectivity index (χ1) is 16.4. The molecule has 0 saturated heterocycles. The number of hydrogen-bond acceptors (Lipinski definition) is 5. The Labute approximate surface area is 222 Å². The summed E-state index contributed by atoms with van der Waals surface area (Å²) in [4.78, 5) is 12.3. The van der Waals surface area contributed by atoms with E-state index in [0.29, 0.717) is 33.7 Å². The topological polar surface area (TPSA) is 69.2 Å². The van der Waals surface area contributed by atoms with E-state index in [-0.39, 0.29) is 12.5 Å². The molecule has 1 amide bonds. The van der Waals surface area contributed by atoms with Crippen molar-refractivity contribution in [3.05, 3.63) is 84.9 Å². The maximum absolute atomic E-state index is 12.3. The van der Waals surface area contributed by atoms with Crippen LogP contribution in [0, 0.1) is 3.57 Å². The van der Waals surface area contributed by atoms with Crippen LogP contribution in [0.15, 0.2) is 59.7 Å². The minimum atomic E-state index is -0.320. The Bertz CT molecular complexity index is 1170. The van der Waals surface area contributed by atoms with E-state index in [2.05, 4.69) is 33.1 Å². The smallest absolute Gasteiger partial charge is 0.271 e. The number of halogens is 3. The SMILES string of the molecule is CCCOc1ccc(C(=O)N/N=C\c2cc(I)c(OCc3ccc(Cl)cc3Cl)c(OC)c2)cc1. The maximum Gasteiger partial charge on any atom is 0.271 e. The number of hydrazone groups is 1. The molecule has 0 heterocycles. The van der Waals surface area contributed by atoms with Gasteiger partial charge in [-0.25, -0.2) is 5.43 Å². The van der Waals surface area contributed by atoms with Crippen molar-refractivity contribution in [3.63, 3.8) is 0 Å². The molecule has 0 unspecified atom stereocenters. The van der Waals surface area contributed by atoms with Crippen LogP contribution in [-0.2, 0) is 6.61 Å². The van der Waals surface area contributed by atoms with Crippen LogP contribution >= 0.6 is 45.8 Å². The zero-order valence-corrected chi connectivity index (χ0v) is 22.3. The number of methoxy groups -OCH3 is 1. The summed E-state index contributed by atoms with van der Waals surface area (Å²) in [5.41, 5.74) is 4.56. The monoisotopic (exact) mass is 612 g/mol. The van der Waals surface area contributed by atoms with Gasteiger partial charge in [0.2, 0.25) is 0 Å². The highest BCUT2D eigenvalue weighted by Gasteiger charge is 2.13. The van der Waals surface area contributed by atoms with Gasteiger partial charge in [-0.05, 0) is 83.1 Å². The Morgan fingerprint density at radius 1 is 1.09 bits per heavy atom. The molecule has 178 valence electrons. The van der Waals surface area contributed by atoms with Crippen molar-refractivity contribution in [2.45, 2.75) is 20.0 Å². The molecule has 34 heavy (non-hydrogen) atoms. The number of carbonyl (C=O) groups is 1. The van der Waals surface area contributed by atoms with Gasteiger partial charge in [-0.2, -0.15) is 5.10 Å². The second kappa shape index (κ2) is 12.8. The summed E-state index contributed by atoms with van der Waals surface area (Å²) < 4.78 is 17.8. The molecule has 0 atom stereocenters. The van der Waals surface area contributed by atoms with E-state index in [1.165, 1.54) is 0 Å². The molecule has 3 aromatic rings. The third-order valence-electron chi connectivity index (χ3n) is 4.61. The molecule has 3 aromatic carbocycles. The number of amides is 1. The molecule has 1 N–H and O–H groups in total. The van der Waals surface area contributed by atoms with E-state index in [1.807, 2.05) is 19.1 Å². The number of carbonyl (C=O) groups excluding carboxylic acids is 1. The lowest BCUT2D eigenvalue weighted by molar-refractivity contribution is 0.0955. The van der Waals surface area contributed by atoms with Gasteiger partial charge in [-0.15, -0.1) is 0 Å². The second-order valence-corrected chi connectivity index (χ2v) is 9.14. The lowest BCUT2D eigenvalue weighted by Crippen LogP contribution is -2.17. The Kier molecular flexibility index (Phi) is 9.86. The Morgan fingerprint density at radius 3 is 2.53 bits per heavy atom. The molecule has 0 saturated carbocycles. The zero-order chi connectivity index (χ0) is 24.5. The van der Waals surface area contributed by atoms with Gasteiger partial charge >= 0.3 is 0 Å². The fourth-order valence-corrected chi connectivity index (χ4v) is 4.14. The fraction of sp³-hybridized carbons (Fsp3) is 0.200. The van der Waals surface area contributed by atoms with Crippen molar-refractivity contribution in [1.29, 1.82) is 0 Å². The number of nitrogens with zero attached hydrogens (tertiary/aromatic N) is 1. The van der Waals surface area contributed by atoms with Crippen molar-refractivity contribution in [2.24, 2.45) is 5.10 Å². The van der Waals surface area contributed by atoms with Crippen molar-refractivity contribution >= 4 is 57.9 Å². The van der Waals surface area contributed by atoms with Gasteiger partial charge in [0, 0.05) is 21.2 Å². The number of ether oxygens (including phenoxy) is 3. The quantitative estimate of drug-likeness (QED) is 0.156. The van der Waals surface area contributed by atoms with Gasteiger partial charge in [0.25, 0.3) is 5.91 Å². The van der Waals surface area contributed by atoms with Crippen molar-refractivity contribution in [2.75, 3.05) is 13.7 Å². The third-order valence-corrected chi connectivity index (χ3v) is 6.00. The molecular formula is C25H23Cl2IN2O4. The van der Waals surface area contributed by atoms with Crippen molar-refractivity contribution in [1.82, 2.24) is 5.43 Å². The van der Waals surface area contributed by atoms with Crippen LogP contribution in [0.3, 0.4) is 0 Å². The van der Waals surface area contributed by atoms with Gasteiger partial charge in [0.05, 0.1) is 23.5 Å². The average Bonchev–Trinajstić information content (AvgIpc) is 2.83. The highest BCUT2D eigenvalue weighted by Crippen LogP contribution is 2.35. The normalized spacial score (nSPS) is 10.9. The molecule has 0 fully saturated rings. The summed E-state index contributed by atoms with van der Waals surface area (Å²) in [5.74, 6) is 1.53. The van der Waals surface area contributed by atoms with E-state index in [4.69, 9.17) is 37.4 Å². The predicted molar refractivity (Wildman–Crippen MR) is 144 cm³/mol. The molecule has 0 radical (unpaired) electrons. The van der Waals surface area contributed by atoms with Gasteiger partial charge in [0.1, 0.15) is 12.4 Å². The molecule has 6 nitrogen and oxygen atoms in total. The van der Waals surface area contributed by atoms with Crippen LogP contribution < -0.4 is 19.6 Å². The van der Waals surface area contributed by atoms with Crippen LogP contribution in [0.4, 0.5) is 0 Å². The lowest BCUT2D eigenvalue weighted by atomic mass is 10.2. The van der Waals surface area contributed by atoms with Crippen LogP contribution in [0.5, 0.6) is 17.2 Å². The van der Waals surface area contributed by atoms with E-state index < -0.39 is 0 Å². The predicted octanol–water partition coefficient (Wildman–Crippen LogP) is 6.74.